The first kappa shape index (κ1) is 15.7. The van der Waals surface area contributed by atoms with Crippen molar-refractivity contribution in [2.45, 2.75) is 26.9 Å². The number of hydrogen-bond acceptors (Lipinski definition) is 3. The summed E-state index contributed by atoms with van der Waals surface area (Å²) in [6, 6.07) is 8.23. The van der Waals surface area contributed by atoms with E-state index in [1.54, 1.807) is 0 Å². The Bertz CT molecular complexity index is 389. The number of methoxy groups -OCH3 is 1. The molecule has 19 heavy (non-hydrogen) atoms. The molecule has 4 nitrogen and oxygen atoms in total. The number of ether oxygens (including phenoxy) is 1. The van der Waals surface area contributed by atoms with Gasteiger partial charge in [0.1, 0.15) is 6.61 Å². The molecule has 0 radical (unpaired) electrons. The largest absolute Gasteiger partial charge is 0.375 e. The summed E-state index contributed by atoms with van der Waals surface area (Å²) in [6.07, 6.45) is 0. The van der Waals surface area contributed by atoms with Crippen molar-refractivity contribution in [3.63, 3.8) is 0 Å². The van der Waals surface area contributed by atoms with Crippen molar-refractivity contribution >= 4 is 5.91 Å². The fourth-order valence-corrected chi connectivity index (χ4v) is 1.95. The van der Waals surface area contributed by atoms with E-state index >= 15 is 0 Å². The Morgan fingerprint density at radius 1 is 1.21 bits per heavy atom. The van der Waals surface area contributed by atoms with E-state index in [0.717, 1.165) is 19.6 Å². The van der Waals surface area contributed by atoms with Gasteiger partial charge in [0.2, 0.25) is 5.91 Å². The molecule has 1 amide bonds. The number of carbonyl (C=O) groups is 1. The molecule has 0 unspecified atom stereocenters. The van der Waals surface area contributed by atoms with Gasteiger partial charge in [-0.2, -0.15) is 0 Å². The second-order valence-electron chi connectivity index (χ2n) is 4.44. The molecule has 1 rings (SSSR count). The van der Waals surface area contributed by atoms with Crippen LogP contribution in [0.1, 0.15) is 25.0 Å². The fraction of sp³-hybridized carbons (Fsp3) is 0.533. The van der Waals surface area contributed by atoms with Crippen molar-refractivity contribution in [2.75, 3.05) is 26.8 Å². The zero-order chi connectivity index (χ0) is 14.1. The van der Waals surface area contributed by atoms with Gasteiger partial charge in [-0.1, -0.05) is 38.1 Å². The maximum Gasteiger partial charge on any atom is 0.246 e. The molecule has 0 aliphatic rings. The highest BCUT2D eigenvalue weighted by molar-refractivity contribution is 5.77. The van der Waals surface area contributed by atoms with Crippen molar-refractivity contribution in [2.24, 2.45) is 0 Å². The van der Waals surface area contributed by atoms with E-state index in [0.29, 0.717) is 6.54 Å². The maximum atomic E-state index is 11.4. The molecule has 0 saturated heterocycles. The van der Waals surface area contributed by atoms with Crippen LogP contribution in [0.25, 0.3) is 0 Å². The van der Waals surface area contributed by atoms with Gasteiger partial charge in [0.25, 0.3) is 0 Å². The van der Waals surface area contributed by atoms with E-state index in [4.69, 9.17) is 4.74 Å². The van der Waals surface area contributed by atoms with Gasteiger partial charge < -0.3 is 10.1 Å². The minimum atomic E-state index is -0.0832. The van der Waals surface area contributed by atoms with Crippen molar-refractivity contribution in [1.82, 2.24) is 10.2 Å². The zero-order valence-corrected chi connectivity index (χ0v) is 12.1. The summed E-state index contributed by atoms with van der Waals surface area (Å²) < 4.78 is 4.80. The molecule has 4 heteroatoms. The number of nitrogens with one attached hydrogen (secondary N) is 1. The third-order valence-corrected chi connectivity index (χ3v) is 3.16. The predicted molar refractivity (Wildman–Crippen MR) is 76.8 cm³/mol. The van der Waals surface area contributed by atoms with Crippen molar-refractivity contribution < 1.29 is 9.53 Å². The summed E-state index contributed by atoms with van der Waals surface area (Å²) >= 11 is 0. The van der Waals surface area contributed by atoms with Gasteiger partial charge in [-0.3, -0.25) is 9.69 Å². The molecule has 0 heterocycles. The lowest BCUT2D eigenvalue weighted by molar-refractivity contribution is -0.124. The SMILES string of the molecule is CCN(CC)Cc1ccccc1CNC(=O)COC. The van der Waals surface area contributed by atoms with Crippen LogP contribution in [-0.2, 0) is 22.6 Å². The molecular formula is C15H24N2O2. The number of rotatable bonds is 8. The Hall–Kier alpha value is -1.39. The van der Waals surface area contributed by atoms with Crippen LogP contribution in [0, 0.1) is 0 Å². The highest BCUT2D eigenvalue weighted by atomic mass is 16.5. The molecule has 0 spiro atoms. The smallest absolute Gasteiger partial charge is 0.246 e. The first-order valence-electron chi connectivity index (χ1n) is 6.76. The van der Waals surface area contributed by atoms with Gasteiger partial charge in [0, 0.05) is 20.2 Å². The van der Waals surface area contributed by atoms with Gasteiger partial charge in [-0.15, -0.1) is 0 Å². The molecule has 0 atom stereocenters. The number of nitrogens with zero attached hydrogens (tertiary/aromatic N) is 1. The van der Waals surface area contributed by atoms with Crippen LogP contribution < -0.4 is 5.32 Å². The fourth-order valence-electron chi connectivity index (χ4n) is 1.95. The Morgan fingerprint density at radius 2 is 1.84 bits per heavy atom. The van der Waals surface area contributed by atoms with Gasteiger partial charge in [0.15, 0.2) is 0 Å². The summed E-state index contributed by atoms with van der Waals surface area (Å²) in [5, 5.41) is 2.87. The normalized spacial score (nSPS) is 10.7. The predicted octanol–water partition coefficient (Wildman–Crippen LogP) is 1.79. The van der Waals surface area contributed by atoms with Crippen molar-refractivity contribution in [3.8, 4) is 0 Å². The molecule has 0 aliphatic carbocycles. The molecule has 0 aromatic heterocycles. The van der Waals surface area contributed by atoms with Crippen LogP contribution in [0.3, 0.4) is 0 Å². The van der Waals surface area contributed by atoms with E-state index in [9.17, 15) is 4.79 Å². The second kappa shape index (κ2) is 8.67. The summed E-state index contributed by atoms with van der Waals surface area (Å²) in [4.78, 5) is 13.8. The highest BCUT2D eigenvalue weighted by Crippen LogP contribution is 2.11. The van der Waals surface area contributed by atoms with Gasteiger partial charge in [-0.25, -0.2) is 0 Å². The lowest BCUT2D eigenvalue weighted by Gasteiger charge is -2.20. The molecule has 0 saturated carbocycles. The topological polar surface area (TPSA) is 41.6 Å². The van der Waals surface area contributed by atoms with Crippen LogP contribution in [0.15, 0.2) is 24.3 Å². The molecule has 1 aromatic carbocycles. The Labute approximate surface area is 115 Å². The molecule has 1 aromatic rings. The maximum absolute atomic E-state index is 11.4. The van der Waals surface area contributed by atoms with Crippen LogP contribution >= 0.6 is 0 Å². The number of hydrogen-bond donors (Lipinski definition) is 1. The average Bonchev–Trinajstić information content (AvgIpc) is 2.44. The van der Waals surface area contributed by atoms with Gasteiger partial charge >= 0.3 is 0 Å². The van der Waals surface area contributed by atoms with Crippen LogP contribution in [0.5, 0.6) is 0 Å². The third-order valence-electron chi connectivity index (χ3n) is 3.16. The number of carbonyl (C=O) groups excluding carboxylic acids is 1. The molecule has 0 bridgehead atoms. The minimum Gasteiger partial charge on any atom is -0.375 e. The number of amides is 1. The van der Waals surface area contributed by atoms with E-state index < -0.39 is 0 Å². The highest BCUT2D eigenvalue weighted by Gasteiger charge is 2.07. The van der Waals surface area contributed by atoms with Crippen molar-refractivity contribution in [3.05, 3.63) is 35.4 Å². The van der Waals surface area contributed by atoms with Gasteiger partial charge in [0.05, 0.1) is 0 Å². The van der Waals surface area contributed by atoms with E-state index in [1.165, 1.54) is 18.2 Å². The Morgan fingerprint density at radius 3 is 2.42 bits per heavy atom. The minimum absolute atomic E-state index is 0.0832. The van der Waals surface area contributed by atoms with E-state index in [-0.39, 0.29) is 12.5 Å². The first-order valence-corrected chi connectivity index (χ1v) is 6.76. The van der Waals surface area contributed by atoms with E-state index in [2.05, 4.69) is 36.2 Å². The summed E-state index contributed by atoms with van der Waals surface area (Å²) in [5.41, 5.74) is 2.43. The Kier molecular flexibility index (Phi) is 7.15. The van der Waals surface area contributed by atoms with Crippen LogP contribution in [0.2, 0.25) is 0 Å². The van der Waals surface area contributed by atoms with Crippen molar-refractivity contribution in [1.29, 1.82) is 0 Å². The Balaban J connectivity index is 2.64. The van der Waals surface area contributed by atoms with E-state index in [1.807, 2.05) is 12.1 Å². The molecule has 0 fully saturated rings. The summed E-state index contributed by atoms with van der Waals surface area (Å²) in [6.45, 7) is 7.96. The number of benzene rings is 1. The molecule has 106 valence electrons. The quantitative estimate of drug-likeness (QED) is 0.778. The molecule has 1 N–H and O–H groups in total. The zero-order valence-electron chi connectivity index (χ0n) is 12.1. The first-order chi connectivity index (χ1) is 9.21. The monoisotopic (exact) mass is 264 g/mol. The van der Waals surface area contributed by atoms with Crippen LogP contribution in [0.4, 0.5) is 0 Å². The van der Waals surface area contributed by atoms with Gasteiger partial charge in [-0.05, 0) is 24.2 Å². The lowest BCUT2D eigenvalue weighted by atomic mass is 10.1. The summed E-state index contributed by atoms with van der Waals surface area (Å²) in [7, 11) is 1.52. The second-order valence-corrected chi connectivity index (χ2v) is 4.44. The van der Waals surface area contributed by atoms with Crippen LogP contribution in [-0.4, -0.2) is 37.6 Å². The lowest BCUT2D eigenvalue weighted by Crippen LogP contribution is -2.28. The third kappa shape index (κ3) is 5.41. The average molecular weight is 264 g/mol. The molecular weight excluding hydrogens is 240 g/mol. The summed E-state index contributed by atoms with van der Waals surface area (Å²) in [5.74, 6) is -0.0832. The molecule has 0 aliphatic heterocycles. The standard InChI is InChI=1S/C15H24N2O2/c1-4-17(5-2)11-14-9-7-6-8-13(14)10-16-15(18)12-19-3/h6-9H,4-5,10-12H2,1-3H3,(H,16,18).